The Morgan fingerprint density at radius 2 is 2.00 bits per heavy atom. The van der Waals surface area contributed by atoms with Crippen LogP contribution in [0.15, 0.2) is 24.5 Å². The lowest BCUT2D eigenvalue weighted by Crippen LogP contribution is -2.41. The van der Waals surface area contributed by atoms with Gasteiger partial charge in [-0.15, -0.1) is 0 Å². The maximum Gasteiger partial charge on any atom is 0.255 e. The number of likely N-dealkylation sites (tertiary alicyclic amines) is 1. The van der Waals surface area contributed by atoms with Crippen LogP contribution in [-0.4, -0.2) is 71.1 Å². The van der Waals surface area contributed by atoms with Crippen molar-refractivity contribution in [3.8, 4) is 17.0 Å². The molecular weight excluding hydrogens is 458 g/mol. The Morgan fingerprint density at radius 3 is 2.75 bits per heavy atom. The summed E-state index contributed by atoms with van der Waals surface area (Å²) in [6.45, 7) is 7.73. The Labute approximate surface area is 210 Å². The van der Waals surface area contributed by atoms with Crippen molar-refractivity contribution in [1.82, 2.24) is 25.2 Å². The highest BCUT2D eigenvalue weighted by Crippen LogP contribution is 2.37. The molecule has 2 atom stereocenters. The van der Waals surface area contributed by atoms with Crippen molar-refractivity contribution in [1.29, 1.82) is 0 Å². The van der Waals surface area contributed by atoms with Crippen molar-refractivity contribution in [2.75, 3.05) is 33.4 Å². The van der Waals surface area contributed by atoms with Crippen molar-refractivity contribution in [2.24, 2.45) is 11.8 Å². The minimum absolute atomic E-state index is 0.0416. The fourth-order valence-electron chi connectivity index (χ4n) is 4.86. The quantitative estimate of drug-likeness (QED) is 0.501. The first-order valence-electron chi connectivity index (χ1n) is 12.5. The van der Waals surface area contributed by atoms with Crippen LogP contribution in [0.3, 0.4) is 0 Å². The van der Waals surface area contributed by atoms with Gasteiger partial charge in [-0.3, -0.25) is 9.59 Å². The van der Waals surface area contributed by atoms with E-state index < -0.39 is 0 Å². The number of methoxy groups -OCH3 is 1. The second-order valence-electron chi connectivity index (χ2n) is 10.1. The second-order valence-corrected chi connectivity index (χ2v) is 10.1. The lowest BCUT2D eigenvalue weighted by molar-refractivity contribution is -0.134. The summed E-state index contributed by atoms with van der Waals surface area (Å²) in [5.74, 6) is 1.26. The average molecular weight is 492 g/mol. The third-order valence-electron chi connectivity index (χ3n) is 7.11. The Bertz CT molecular complexity index is 1300. The van der Waals surface area contributed by atoms with Crippen molar-refractivity contribution < 1.29 is 19.1 Å². The topological polar surface area (TPSA) is 109 Å². The molecule has 3 aromatic rings. The number of ether oxygens (including phenoxy) is 2. The molecule has 2 aromatic heterocycles. The van der Waals surface area contributed by atoms with E-state index in [0.29, 0.717) is 47.9 Å². The summed E-state index contributed by atoms with van der Waals surface area (Å²) in [5, 5.41) is 3.13. The van der Waals surface area contributed by atoms with Gasteiger partial charge >= 0.3 is 0 Å². The van der Waals surface area contributed by atoms with Gasteiger partial charge in [-0.05, 0) is 50.7 Å². The van der Waals surface area contributed by atoms with Crippen LogP contribution in [0.5, 0.6) is 5.75 Å². The van der Waals surface area contributed by atoms with E-state index in [0.717, 1.165) is 22.6 Å². The minimum atomic E-state index is -0.212. The molecule has 1 aliphatic carbocycles. The number of hydrogen-bond acceptors (Lipinski definition) is 6. The summed E-state index contributed by atoms with van der Waals surface area (Å²) < 4.78 is 11.1. The van der Waals surface area contributed by atoms with Crippen molar-refractivity contribution in [3.63, 3.8) is 0 Å². The van der Waals surface area contributed by atoms with Gasteiger partial charge in [0.2, 0.25) is 5.91 Å². The molecule has 0 bridgehead atoms. The molecule has 1 saturated carbocycles. The predicted molar refractivity (Wildman–Crippen MR) is 136 cm³/mol. The van der Waals surface area contributed by atoms with Crippen molar-refractivity contribution >= 4 is 22.8 Å². The van der Waals surface area contributed by atoms with E-state index in [2.05, 4.69) is 26.3 Å². The second kappa shape index (κ2) is 9.89. The van der Waals surface area contributed by atoms with Gasteiger partial charge in [-0.25, -0.2) is 9.97 Å². The zero-order chi connectivity index (χ0) is 25.4. The number of aryl methyl sites for hydroxylation is 2. The van der Waals surface area contributed by atoms with Crippen LogP contribution in [0.1, 0.15) is 41.4 Å². The number of aromatic nitrogens is 3. The number of fused-ring (bicyclic) bond motifs is 1. The number of rotatable bonds is 8. The summed E-state index contributed by atoms with van der Waals surface area (Å²) in [6.07, 6.45) is 3.92. The van der Waals surface area contributed by atoms with Crippen LogP contribution in [-0.2, 0) is 9.53 Å². The van der Waals surface area contributed by atoms with Gasteiger partial charge in [-0.2, -0.15) is 0 Å². The average Bonchev–Trinajstić information content (AvgIpc) is 3.51. The lowest BCUT2D eigenvalue weighted by Gasteiger charge is -2.17. The number of carbonyl (C=O) groups excluding carboxylic acids is 2. The number of amides is 2. The first-order chi connectivity index (χ1) is 17.4. The number of aromatic amines is 1. The Kier molecular flexibility index (Phi) is 6.66. The molecule has 2 amide bonds. The zero-order valence-electron chi connectivity index (χ0n) is 21.3. The van der Waals surface area contributed by atoms with Crippen LogP contribution in [0.4, 0.5) is 0 Å². The maximum absolute atomic E-state index is 13.5. The SMILES string of the molecule is COCC(=O)N1CC(C)C(NC(=O)c2c(C)[nH]c3c(-c4cc(C)ccc4OCC4CC4)ncnc23)C1. The van der Waals surface area contributed by atoms with Gasteiger partial charge < -0.3 is 24.7 Å². The molecular formula is C27H33N5O4. The van der Waals surface area contributed by atoms with Crippen molar-refractivity contribution in [3.05, 3.63) is 41.3 Å². The third kappa shape index (κ3) is 4.80. The first-order valence-corrected chi connectivity index (χ1v) is 12.5. The molecule has 2 unspecified atom stereocenters. The molecule has 0 spiro atoms. The van der Waals surface area contributed by atoms with E-state index in [9.17, 15) is 9.59 Å². The van der Waals surface area contributed by atoms with Crippen molar-refractivity contribution in [2.45, 2.75) is 39.7 Å². The highest BCUT2D eigenvalue weighted by Gasteiger charge is 2.34. The number of nitrogens with one attached hydrogen (secondary N) is 2. The van der Waals surface area contributed by atoms with Crippen LogP contribution in [0, 0.1) is 25.7 Å². The Morgan fingerprint density at radius 1 is 1.19 bits per heavy atom. The summed E-state index contributed by atoms with van der Waals surface area (Å²) in [6, 6.07) is 5.93. The molecule has 190 valence electrons. The molecule has 9 nitrogen and oxygen atoms in total. The first kappa shape index (κ1) is 24.2. The van der Waals surface area contributed by atoms with E-state index >= 15 is 0 Å². The van der Waals surface area contributed by atoms with Gasteiger partial charge in [0.1, 0.15) is 29.9 Å². The van der Waals surface area contributed by atoms with E-state index in [-0.39, 0.29) is 30.4 Å². The lowest BCUT2D eigenvalue weighted by atomic mass is 10.0. The molecule has 2 aliphatic rings. The Hall–Kier alpha value is -3.46. The maximum atomic E-state index is 13.5. The third-order valence-corrected chi connectivity index (χ3v) is 7.11. The molecule has 3 heterocycles. The largest absolute Gasteiger partial charge is 0.493 e. The Balaban J connectivity index is 1.43. The highest BCUT2D eigenvalue weighted by molar-refractivity contribution is 6.09. The van der Waals surface area contributed by atoms with Gasteiger partial charge in [0.25, 0.3) is 5.91 Å². The van der Waals surface area contributed by atoms with Crippen LogP contribution in [0.2, 0.25) is 0 Å². The van der Waals surface area contributed by atoms with Gasteiger partial charge in [-0.1, -0.05) is 18.6 Å². The number of benzene rings is 1. The number of carbonyl (C=O) groups is 2. The number of H-pyrrole nitrogens is 1. The van der Waals surface area contributed by atoms with Crippen LogP contribution >= 0.6 is 0 Å². The molecule has 36 heavy (non-hydrogen) atoms. The molecule has 0 radical (unpaired) electrons. The summed E-state index contributed by atoms with van der Waals surface area (Å²) in [7, 11) is 1.51. The molecule has 1 saturated heterocycles. The monoisotopic (exact) mass is 491 g/mol. The summed E-state index contributed by atoms with van der Waals surface area (Å²) in [5.41, 5.74) is 5.18. The van der Waals surface area contributed by atoms with E-state index in [4.69, 9.17) is 9.47 Å². The number of hydrogen-bond donors (Lipinski definition) is 2. The van der Waals surface area contributed by atoms with E-state index in [1.165, 1.54) is 26.3 Å². The molecule has 2 fully saturated rings. The fourth-order valence-corrected chi connectivity index (χ4v) is 4.86. The molecule has 9 heteroatoms. The summed E-state index contributed by atoms with van der Waals surface area (Å²) >= 11 is 0. The zero-order valence-corrected chi connectivity index (χ0v) is 21.3. The smallest absolute Gasteiger partial charge is 0.255 e. The van der Waals surface area contributed by atoms with Crippen LogP contribution < -0.4 is 10.1 Å². The van der Waals surface area contributed by atoms with E-state index in [1.54, 1.807) is 4.90 Å². The van der Waals surface area contributed by atoms with E-state index in [1.807, 2.05) is 32.9 Å². The molecule has 1 aromatic carbocycles. The fraction of sp³-hybridized carbons (Fsp3) is 0.481. The normalized spacial score (nSPS) is 19.6. The number of nitrogens with zero attached hydrogens (tertiary/aromatic N) is 3. The van der Waals surface area contributed by atoms with Gasteiger partial charge in [0, 0.05) is 31.5 Å². The standard InChI is InChI=1S/C27H33N5O4/c1-15-5-8-21(36-12-18-6-7-18)19(9-15)24-26-25(29-14-28-24)23(17(3)30-26)27(34)31-20-11-32(10-16(20)2)22(33)13-35-4/h5,8-9,14,16,18,20,30H,6-7,10-13H2,1-4H3,(H,31,34). The molecule has 2 N–H and O–H groups in total. The summed E-state index contributed by atoms with van der Waals surface area (Å²) in [4.78, 5) is 39.9. The minimum Gasteiger partial charge on any atom is -0.493 e. The van der Waals surface area contributed by atoms with Gasteiger partial charge in [0.05, 0.1) is 23.7 Å². The van der Waals surface area contributed by atoms with Gasteiger partial charge in [0.15, 0.2) is 0 Å². The molecule has 1 aliphatic heterocycles. The molecule has 5 rings (SSSR count). The predicted octanol–water partition coefficient (Wildman–Crippen LogP) is 3.25. The van der Waals surface area contributed by atoms with Crippen LogP contribution in [0.25, 0.3) is 22.3 Å². The highest BCUT2D eigenvalue weighted by atomic mass is 16.5.